The molecule has 4 rings (SSSR count). The molecule has 0 saturated carbocycles. The lowest BCUT2D eigenvalue weighted by molar-refractivity contribution is -0.137. The maximum atomic E-state index is 14.0. The summed E-state index contributed by atoms with van der Waals surface area (Å²) in [5.41, 5.74) is 2.14. The van der Waals surface area contributed by atoms with E-state index in [0.717, 1.165) is 34.9 Å². The summed E-state index contributed by atoms with van der Waals surface area (Å²) >= 11 is 0. The van der Waals surface area contributed by atoms with E-state index in [9.17, 15) is 21.6 Å². The predicted molar refractivity (Wildman–Crippen MR) is 164 cm³/mol. The average Bonchev–Trinajstić information content (AvgIpc) is 2.96. The van der Waals surface area contributed by atoms with Crippen LogP contribution in [-0.4, -0.2) is 8.42 Å². The molecule has 0 aliphatic carbocycles. The zero-order chi connectivity index (χ0) is 30.9. The second-order valence-corrected chi connectivity index (χ2v) is 15.7. The van der Waals surface area contributed by atoms with Gasteiger partial charge in [-0.1, -0.05) is 84.0 Å². The van der Waals surface area contributed by atoms with Crippen LogP contribution in [0, 0.1) is 0 Å². The van der Waals surface area contributed by atoms with Crippen molar-refractivity contribution in [3.63, 3.8) is 0 Å². The third kappa shape index (κ3) is 6.61. The van der Waals surface area contributed by atoms with E-state index in [1.165, 1.54) is 0 Å². The molecular formula is C34H37F3O3S2. The van der Waals surface area contributed by atoms with Gasteiger partial charge in [-0.25, -0.2) is 3.63 Å². The van der Waals surface area contributed by atoms with Crippen LogP contribution in [0.1, 0.15) is 81.5 Å². The minimum absolute atomic E-state index is 0.244. The summed E-state index contributed by atoms with van der Waals surface area (Å²) in [6, 6.07) is 26.7. The number of benzene rings is 4. The van der Waals surface area contributed by atoms with Gasteiger partial charge in [-0.15, -0.1) is 0 Å². The lowest BCUT2D eigenvalue weighted by Gasteiger charge is -2.40. The standard InChI is InChI=1S/C34H37F3O3S2/c1-23(2)26-10-16-30(17-11-26)41(31-18-12-27(13-19-31)24(3)4,32-20-14-28(15-21-32)25(5)6)40-42(38,39)33-9-7-8-29(22-33)34(35,36)37/h7-25H,1-6H3. The fraction of sp³-hybridized carbons (Fsp3) is 0.294. The molecule has 0 N–H and O–H groups in total. The summed E-state index contributed by atoms with van der Waals surface area (Å²) in [4.78, 5) is 1.32. The number of halogens is 3. The molecule has 0 aliphatic heterocycles. The molecule has 8 heteroatoms. The van der Waals surface area contributed by atoms with Crippen LogP contribution in [0.3, 0.4) is 0 Å². The van der Waals surface area contributed by atoms with E-state index in [4.69, 9.17) is 3.63 Å². The maximum Gasteiger partial charge on any atom is 0.416 e. The minimum Gasteiger partial charge on any atom is -0.203 e. The molecule has 0 amide bonds. The largest absolute Gasteiger partial charge is 0.416 e. The van der Waals surface area contributed by atoms with Gasteiger partial charge in [-0.05, 0) is 99.4 Å². The number of rotatable bonds is 9. The van der Waals surface area contributed by atoms with Gasteiger partial charge in [0.05, 0.1) is 10.5 Å². The van der Waals surface area contributed by atoms with E-state index in [-0.39, 0.29) is 17.8 Å². The van der Waals surface area contributed by atoms with Crippen LogP contribution in [-0.2, 0) is 19.9 Å². The van der Waals surface area contributed by atoms with E-state index >= 15 is 0 Å². The predicted octanol–water partition coefficient (Wildman–Crippen LogP) is 10.7. The molecule has 0 unspecified atom stereocenters. The first-order valence-corrected chi connectivity index (χ1v) is 16.9. The Bertz CT molecular complexity index is 1480. The molecule has 0 aromatic heterocycles. The smallest absolute Gasteiger partial charge is 0.203 e. The first-order chi connectivity index (χ1) is 19.6. The molecule has 4 aromatic carbocycles. The van der Waals surface area contributed by atoms with Crippen molar-refractivity contribution in [1.29, 1.82) is 0 Å². The Balaban J connectivity index is 2.03. The Kier molecular flexibility index (Phi) is 9.31. The summed E-state index contributed by atoms with van der Waals surface area (Å²) < 4.78 is 75.0. The second kappa shape index (κ2) is 12.3. The fourth-order valence-electron chi connectivity index (χ4n) is 4.66. The van der Waals surface area contributed by atoms with Gasteiger partial charge in [0.15, 0.2) is 0 Å². The van der Waals surface area contributed by atoms with Crippen LogP contribution in [0.15, 0.2) is 117 Å². The van der Waals surface area contributed by atoms with Crippen molar-refractivity contribution in [2.24, 2.45) is 0 Å². The van der Waals surface area contributed by atoms with E-state index in [0.29, 0.717) is 20.8 Å². The van der Waals surface area contributed by atoms with E-state index < -0.39 is 37.1 Å². The van der Waals surface area contributed by atoms with Crippen LogP contribution in [0.5, 0.6) is 0 Å². The molecule has 4 aromatic rings. The Labute approximate surface area is 249 Å². The van der Waals surface area contributed by atoms with Gasteiger partial charge in [0.1, 0.15) is 0 Å². The van der Waals surface area contributed by atoms with Crippen molar-refractivity contribution in [2.75, 3.05) is 0 Å². The van der Waals surface area contributed by atoms with Gasteiger partial charge in [-0.3, -0.25) is 0 Å². The molecule has 224 valence electrons. The van der Waals surface area contributed by atoms with E-state index in [1.54, 1.807) is 0 Å². The summed E-state index contributed by atoms with van der Waals surface area (Å²) in [7, 11) is -7.67. The van der Waals surface area contributed by atoms with Gasteiger partial charge in [-0.2, -0.15) is 21.6 Å². The number of alkyl halides is 3. The summed E-state index contributed by atoms with van der Waals surface area (Å²) in [5, 5.41) is 0. The lowest BCUT2D eigenvalue weighted by Crippen LogP contribution is -2.16. The van der Waals surface area contributed by atoms with Gasteiger partial charge >= 0.3 is 16.3 Å². The normalized spacial score (nSPS) is 13.2. The zero-order valence-corrected chi connectivity index (χ0v) is 26.3. The average molecular weight is 615 g/mol. The summed E-state index contributed by atoms with van der Waals surface area (Å²) in [5.74, 6) is 0.733. The van der Waals surface area contributed by atoms with E-state index in [1.807, 2.05) is 72.8 Å². The zero-order valence-electron chi connectivity index (χ0n) is 24.6. The van der Waals surface area contributed by atoms with Gasteiger partial charge in [0, 0.05) is 14.7 Å². The van der Waals surface area contributed by atoms with Gasteiger partial charge in [0.2, 0.25) is 0 Å². The quantitative estimate of drug-likeness (QED) is 0.188. The van der Waals surface area contributed by atoms with Crippen LogP contribution >= 0.6 is 10.3 Å². The highest BCUT2D eigenvalue weighted by molar-refractivity contribution is 8.33. The first kappa shape index (κ1) is 31.9. The van der Waals surface area contributed by atoms with Crippen molar-refractivity contribution in [3.05, 3.63) is 119 Å². The molecule has 0 radical (unpaired) electrons. The fourth-order valence-corrected chi connectivity index (χ4v) is 9.88. The Morgan fingerprint density at radius 1 is 0.548 bits per heavy atom. The molecule has 0 bridgehead atoms. The van der Waals surface area contributed by atoms with Crippen molar-refractivity contribution in [2.45, 2.75) is 85.1 Å². The maximum absolute atomic E-state index is 14.0. The topological polar surface area (TPSA) is 43.4 Å². The molecule has 0 fully saturated rings. The van der Waals surface area contributed by atoms with Gasteiger partial charge < -0.3 is 0 Å². The van der Waals surface area contributed by atoms with Crippen molar-refractivity contribution in [1.82, 2.24) is 0 Å². The van der Waals surface area contributed by atoms with Crippen molar-refractivity contribution in [3.8, 4) is 0 Å². The molecule has 3 nitrogen and oxygen atoms in total. The van der Waals surface area contributed by atoms with E-state index in [2.05, 4.69) is 41.5 Å². The van der Waals surface area contributed by atoms with Crippen molar-refractivity contribution >= 4 is 20.4 Å². The Hall–Kier alpha value is -3.07. The third-order valence-electron chi connectivity index (χ3n) is 7.28. The van der Waals surface area contributed by atoms with Gasteiger partial charge in [0.25, 0.3) is 0 Å². The Morgan fingerprint density at radius 2 is 0.905 bits per heavy atom. The third-order valence-corrected chi connectivity index (χ3v) is 12.5. The van der Waals surface area contributed by atoms with Crippen LogP contribution < -0.4 is 0 Å². The van der Waals surface area contributed by atoms with Crippen LogP contribution in [0.2, 0.25) is 0 Å². The molecule has 0 saturated heterocycles. The SMILES string of the molecule is CC(C)c1ccc(S(OS(=O)(=O)c2cccc(C(F)(F)F)c2)(c2ccc(C(C)C)cc2)c2ccc(C(C)C)cc2)cc1. The molecule has 0 spiro atoms. The molecule has 0 aliphatic rings. The molecule has 0 atom stereocenters. The monoisotopic (exact) mass is 614 g/mol. The van der Waals surface area contributed by atoms with Crippen molar-refractivity contribution < 1.29 is 25.2 Å². The van der Waals surface area contributed by atoms with Crippen LogP contribution in [0.25, 0.3) is 0 Å². The highest BCUT2D eigenvalue weighted by atomic mass is 32.3. The number of hydrogen-bond donors (Lipinski definition) is 0. The first-order valence-electron chi connectivity index (χ1n) is 13.9. The van der Waals surface area contributed by atoms with Crippen LogP contribution in [0.4, 0.5) is 13.2 Å². The minimum atomic E-state index is -4.71. The lowest BCUT2D eigenvalue weighted by atomic mass is 10.0. The molecular weight excluding hydrogens is 577 g/mol. The Morgan fingerprint density at radius 3 is 1.21 bits per heavy atom. The summed E-state index contributed by atoms with van der Waals surface area (Å²) in [6.07, 6.45) is -4.71. The highest BCUT2D eigenvalue weighted by Gasteiger charge is 2.39. The second-order valence-electron chi connectivity index (χ2n) is 11.3. The summed E-state index contributed by atoms with van der Waals surface area (Å²) in [6.45, 7) is 12.4. The molecule has 0 heterocycles. The number of hydrogen-bond acceptors (Lipinski definition) is 3. The highest BCUT2D eigenvalue weighted by Crippen LogP contribution is 2.70. The molecule has 42 heavy (non-hydrogen) atoms.